The highest BCUT2D eigenvalue weighted by molar-refractivity contribution is 5.79. The highest BCUT2D eigenvalue weighted by atomic mass is 19.1. The zero-order chi connectivity index (χ0) is 19.0. The maximum Gasteiger partial charge on any atom is 0.223 e. The molecule has 5 nitrogen and oxygen atoms in total. The van der Waals surface area contributed by atoms with Crippen LogP contribution in [0.15, 0.2) is 29.1 Å². The van der Waals surface area contributed by atoms with Crippen molar-refractivity contribution in [2.45, 2.75) is 44.7 Å². The van der Waals surface area contributed by atoms with Gasteiger partial charge in [-0.05, 0) is 37.9 Å². The van der Waals surface area contributed by atoms with Gasteiger partial charge in [0.15, 0.2) is 5.43 Å². The summed E-state index contributed by atoms with van der Waals surface area (Å²) in [7, 11) is 1.98. The Hall–Kier alpha value is -2.21. The van der Waals surface area contributed by atoms with Gasteiger partial charge in [-0.1, -0.05) is 18.9 Å². The number of hydrogen-bond donors (Lipinski definition) is 1. The molecule has 2 fully saturated rings. The van der Waals surface area contributed by atoms with Crippen molar-refractivity contribution in [2.24, 2.45) is 5.92 Å². The summed E-state index contributed by atoms with van der Waals surface area (Å²) in [6.07, 6.45) is 5.33. The third kappa shape index (κ3) is 3.76. The van der Waals surface area contributed by atoms with Crippen molar-refractivity contribution in [3.05, 3.63) is 46.0 Å². The lowest BCUT2D eigenvalue weighted by Crippen LogP contribution is -2.35. The van der Waals surface area contributed by atoms with Gasteiger partial charge >= 0.3 is 0 Å². The molecule has 0 radical (unpaired) electrons. The number of para-hydroxylation sites is 1. The molecule has 0 spiro atoms. The number of amides is 1. The SMILES string of the molecule is CN(Cc1cc(=O)c2cccc(F)c2[nH]1)CC1CC(=O)N(C2CCCC2)C1. The molecular formula is C21H26FN3O2. The summed E-state index contributed by atoms with van der Waals surface area (Å²) in [6.45, 7) is 2.14. The van der Waals surface area contributed by atoms with Crippen LogP contribution in [0.1, 0.15) is 37.8 Å². The van der Waals surface area contributed by atoms with E-state index in [0.717, 1.165) is 25.9 Å². The monoisotopic (exact) mass is 371 g/mol. The molecule has 27 heavy (non-hydrogen) atoms. The second-order valence-corrected chi connectivity index (χ2v) is 8.07. The van der Waals surface area contributed by atoms with Crippen molar-refractivity contribution < 1.29 is 9.18 Å². The Morgan fingerprint density at radius 3 is 2.81 bits per heavy atom. The maximum atomic E-state index is 14.0. The van der Waals surface area contributed by atoms with Crippen LogP contribution in [0.25, 0.3) is 10.9 Å². The van der Waals surface area contributed by atoms with E-state index < -0.39 is 5.82 Å². The van der Waals surface area contributed by atoms with E-state index in [1.54, 1.807) is 18.2 Å². The molecule has 1 aromatic carbocycles. The lowest BCUT2D eigenvalue weighted by Gasteiger charge is -2.25. The van der Waals surface area contributed by atoms with E-state index in [-0.39, 0.29) is 16.9 Å². The van der Waals surface area contributed by atoms with Gasteiger partial charge in [-0.25, -0.2) is 4.39 Å². The van der Waals surface area contributed by atoms with Crippen LogP contribution >= 0.6 is 0 Å². The molecule has 1 unspecified atom stereocenters. The van der Waals surface area contributed by atoms with Gasteiger partial charge in [0.25, 0.3) is 0 Å². The van der Waals surface area contributed by atoms with Crippen LogP contribution in [0.3, 0.4) is 0 Å². The van der Waals surface area contributed by atoms with E-state index in [0.29, 0.717) is 36.0 Å². The third-order valence-electron chi connectivity index (χ3n) is 5.88. The number of hydrogen-bond acceptors (Lipinski definition) is 3. The first-order chi connectivity index (χ1) is 13.0. The number of likely N-dealkylation sites (tertiary alicyclic amines) is 1. The van der Waals surface area contributed by atoms with Gasteiger partial charge in [0.05, 0.1) is 5.52 Å². The van der Waals surface area contributed by atoms with Crippen molar-refractivity contribution in [1.82, 2.24) is 14.8 Å². The number of carbonyl (C=O) groups is 1. The number of pyridine rings is 1. The summed E-state index contributed by atoms with van der Waals surface area (Å²) >= 11 is 0. The average Bonchev–Trinajstić information content (AvgIpc) is 3.25. The summed E-state index contributed by atoms with van der Waals surface area (Å²) < 4.78 is 14.0. The van der Waals surface area contributed by atoms with Gasteiger partial charge in [-0.3, -0.25) is 9.59 Å². The molecular weight excluding hydrogens is 345 g/mol. The molecule has 1 aromatic heterocycles. The van der Waals surface area contributed by atoms with E-state index >= 15 is 0 Å². The van der Waals surface area contributed by atoms with Gasteiger partial charge in [0.2, 0.25) is 5.91 Å². The molecule has 1 saturated heterocycles. The normalized spacial score (nSPS) is 21.1. The standard InChI is InChI=1S/C21H26FN3O2/c1-24(11-14-9-20(27)25(12-14)16-5-2-3-6-16)13-15-10-19(26)17-7-4-8-18(22)21(17)23-15/h4,7-8,10,14,16H,2-3,5-6,9,11-13H2,1H3,(H,23,26). The minimum absolute atomic E-state index is 0.171. The second-order valence-electron chi connectivity index (χ2n) is 8.07. The van der Waals surface area contributed by atoms with E-state index in [9.17, 15) is 14.0 Å². The summed E-state index contributed by atoms with van der Waals surface area (Å²) in [5.41, 5.74) is 0.782. The second kappa shape index (κ2) is 7.43. The van der Waals surface area contributed by atoms with Crippen LogP contribution in [-0.2, 0) is 11.3 Å². The van der Waals surface area contributed by atoms with Crippen molar-refractivity contribution >= 4 is 16.8 Å². The Morgan fingerprint density at radius 1 is 1.26 bits per heavy atom. The van der Waals surface area contributed by atoms with Gasteiger partial charge < -0.3 is 14.8 Å². The number of H-pyrrole nitrogens is 1. The van der Waals surface area contributed by atoms with Gasteiger partial charge in [0, 0.05) is 49.2 Å². The summed E-state index contributed by atoms with van der Waals surface area (Å²) in [5.74, 6) is 0.177. The molecule has 1 atom stereocenters. The van der Waals surface area contributed by atoms with E-state index in [4.69, 9.17) is 0 Å². The third-order valence-corrected chi connectivity index (χ3v) is 5.88. The summed E-state index contributed by atoms with van der Waals surface area (Å²) in [5, 5.41) is 0.370. The molecule has 1 amide bonds. The molecule has 1 aliphatic heterocycles. The highest BCUT2D eigenvalue weighted by Gasteiger charge is 2.35. The van der Waals surface area contributed by atoms with E-state index in [1.165, 1.54) is 18.9 Å². The number of carbonyl (C=O) groups excluding carboxylic acids is 1. The molecule has 1 N–H and O–H groups in total. The molecule has 1 saturated carbocycles. The Labute approximate surface area is 158 Å². The average molecular weight is 371 g/mol. The molecule has 4 rings (SSSR count). The number of nitrogens with zero attached hydrogens (tertiary/aromatic N) is 2. The quantitative estimate of drug-likeness (QED) is 0.879. The van der Waals surface area contributed by atoms with E-state index in [2.05, 4.69) is 14.8 Å². The Balaban J connectivity index is 1.42. The van der Waals surface area contributed by atoms with Crippen LogP contribution < -0.4 is 5.43 Å². The predicted octanol–water partition coefficient (Wildman–Crippen LogP) is 2.89. The minimum atomic E-state index is -0.414. The van der Waals surface area contributed by atoms with Crippen LogP contribution in [0.2, 0.25) is 0 Å². The summed E-state index contributed by atoms with van der Waals surface area (Å²) in [6, 6.07) is 6.52. The number of halogens is 1. The fourth-order valence-electron chi connectivity index (χ4n) is 4.67. The topological polar surface area (TPSA) is 56.4 Å². The van der Waals surface area contributed by atoms with Gasteiger partial charge in [0.1, 0.15) is 5.82 Å². The van der Waals surface area contributed by atoms with Crippen LogP contribution in [-0.4, -0.2) is 46.9 Å². The number of nitrogens with one attached hydrogen (secondary N) is 1. The number of benzene rings is 1. The number of fused-ring (bicyclic) bond motifs is 1. The fraction of sp³-hybridized carbons (Fsp3) is 0.524. The Bertz CT molecular complexity index is 904. The molecule has 144 valence electrons. The largest absolute Gasteiger partial charge is 0.355 e. The first-order valence-corrected chi connectivity index (χ1v) is 9.79. The fourth-order valence-corrected chi connectivity index (χ4v) is 4.67. The van der Waals surface area contributed by atoms with Crippen molar-refractivity contribution in [3.8, 4) is 0 Å². The lowest BCUT2D eigenvalue weighted by molar-refractivity contribution is -0.129. The van der Waals surface area contributed by atoms with Crippen molar-refractivity contribution in [2.75, 3.05) is 20.1 Å². The lowest BCUT2D eigenvalue weighted by atomic mass is 10.1. The van der Waals surface area contributed by atoms with Crippen molar-refractivity contribution in [3.63, 3.8) is 0 Å². The zero-order valence-electron chi connectivity index (χ0n) is 15.7. The maximum absolute atomic E-state index is 14.0. The van der Waals surface area contributed by atoms with Gasteiger partial charge in [-0.15, -0.1) is 0 Å². The molecule has 2 aromatic rings. The Morgan fingerprint density at radius 2 is 2.04 bits per heavy atom. The first-order valence-electron chi connectivity index (χ1n) is 9.79. The molecule has 6 heteroatoms. The van der Waals surface area contributed by atoms with Crippen LogP contribution in [0, 0.1) is 11.7 Å². The molecule has 2 heterocycles. The van der Waals surface area contributed by atoms with Crippen LogP contribution in [0.4, 0.5) is 4.39 Å². The molecule has 0 bridgehead atoms. The van der Waals surface area contributed by atoms with Crippen molar-refractivity contribution in [1.29, 1.82) is 0 Å². The highest BCUT2D eigenvalue weighted by Crippen LogP contribution is 2.29. The minimum Gasteiger partial charge on any atom is -0.355 e. The van der Waals surface area contributed by atoms with E-state index in [1.807, 2.05) is 7.05 Å². The molecule has 2 aliphatic rings. The molecule has 1 aliphatic carbocycles. The summed E-state index contributed by atoms with van der Waals surface area (Å²) in [4.78, 5) is 31.9. The Kier molecular flexibility index (Phi) is 5.00. The first kappa shape index (κ1) is 18.2. The zero-order valence-corrected chi connectivity index (χ0v) is 15.7. The van der Waals surface area contributed by atoms with Gasteiger partial charge in [-0.2, -0.15) is 0 Å². The smallest absolute Gasteiger partial charge is 0.223 e. The van der Waals surface area contributed by atoms with Crippen LogP contribution in [0.5, 0.6) is 0 Å². The number of aromatic amines is 1. The predicted molar refractivity (Wildman–Crippen MR) is 103 cm³/mol. The number of rotatable bonds is 5. The number of aromatic nitrogens is 1.